The average molecular weight is 362 g/mol. The lowest BCUT2D eigenvalue weighted by molar-refractivity contribution is -0.181. The predicted molar refractivity (Wildman–Crippen MR) is 95.9 cm³/mol. The molecule has 1 aromatic carbocycles. The highest BCUT2D eigenvalue weighted by Gasteiger charge is 2.18. The Labute approximate surface area is 154 Å². The largest absolute Gasteiger partial charge is 0.493 e. The van der Waals surface area contributed by atoms with Crippen LogP contribution in [0.4, 0.5) is 0 Å². The first-order valence-corrected chi connectivity index (χ1v) is 9.21. The Morgan fingerprint density at radius 3 is 2.42 bits per heavy atom. The molecule has 2 aliphatic heterocycles. The lowest BCUT2D eigenvalue weighted by atomic mass is 10.1. The van der Waals surface area contributed by atoms with Gasteiger partial charge < -0.3 is 23.7 Å². The van der Waals surface area contributed by atoms with Crippen LogP contribution in [0.15, 0.2) is 24.3 Å². The Morgan fingerprint density at radius 1 is 1.04 bits per heavy atom. The number of esters is 1. The molecule has 6 heteroatoms. The standard InChI is InChI=1S/C20H26O6/c1-22-17-14-15(8-10-16(17)25-19-6-2-4-12-23-19)9-11-18(21)26-20-7-3-5-13-24-20/h8-11,14,19-20H,2-7,12-13H2,1H3/b11-9+. The van der Waals surface area contributed by atoms with E-state index in [9.17, 15) is 4.79 Å². The van der Waals surface area contributed by atoms with E-state index in [0.29, 0.717) is 18.1 Å². The predicted octanol–water partition coefficient (Wildman–Crippen LogP) is 3.68. The second-order valence-electron chi connectivity index (χ2n) is 6.39. The zero-order valence-corrected chi connectivity index (χ0v) is 15.1. The summed E-state index contributed by atoms with van der Waals surface area (Å²) >= 11 is 0. The molecule has 0 spiro atoms. The summed E-state index contributed by atoms with van der Waals surface area (Å²) < 4.78 is 27.6. The average Bonchev–Trinajstić information content (AvgIpc) is 2.69. The molecule has 0 radical (unpaired) electrons. The number of carbonyl (C=O) groups is 1. The van der Waals surface area contributed by atoms with Gasteiger partial charge in [-0.25, -0.2) is 4.79 Å². The van der Waals surface area contributed by atoms with Gasteiger partial charge in [0.15, 0.2) is 17.8 Å². The first-order valence-electron chi connectivity index (χ1n) is 9.21. The fourth-order valence-electron chi connectivity index (χ4n) is 2.97. The molecule has 0 saturated carbocycles. The Bertz CT molecular complexity index is 615. The van der Waals surface area contributed by atoms with Crippen molar-refractivity contribution in [2.24, 2.45) is 0 Å². The minimum Gasteiger partial charge on any atom is -0.493 e. The van der Waals surface area contributed by atoms with Gasteiger partial charge in [0.1, 0.15) is 0 Å². The van der Waals surface area contributed by atoms with Crippen LogP contribution in [-0.4, -0.2) is 38.9 Å². The summed E-state index contributed by atoms with van der Waals surface area (Å²) in [6.07, 6.45) is 8.26. The summed E-state index contributed by atoms with van der Waals surface area (Å²) in [4.78, 5) is 11.9. The van der Waals surface area contributed by atoms with Crippen molar-refractivity contribution in [1.29, 1.82) is 0 Å². The maximum absolute atomic E-state index is 11.9. The van der Waals surface area contributed by atoms with Crippen molar-refractivity contribution in [2.75, 3.05) is 20.3 Å². The van der Waals surface area contributed by atoms with Crippen LogP contribution < -0.4 is 9.47 Å². The third-order valence-corrected chi connectivity index (χ3v) is 4.38. The quantitative estimate of drug-likeness (QED) is 0.568. The summed E-state index contributed by atoms with van der Waals surface area (Å²) in [6.45, 7) is 1.37. The summed E-state index contributed by atoms with van der Waals surface area (Å²) in [6, 6.07) is 5.51. The van der Waals surface area contributed by atoms with Crippen molar-refractivity contribution < 1.29 is 28.5 Å². The fourth-order valence-corrected chi connectivity index (χ4v) is 2.97. The van der Waals surface area contributed by atoms with Crippen LogP contribution in [-0.2, 0) is 19.0 Å². The van der Waals surface area contributed by atoms with Crippen molar-refractivity contribution in [3.63, 3.8) is 0 Å². The third kappa shape index (κ3) is 5.47. The molecule has 2 fully saturated rings. The number of rotatable bonds is 6. The Hall–Kier alpha value is -2.05. The smallest absolute Gasteiger partial charge is 0.333 e. The lowest BCUT2D eigenvalue weighted by Gasteiger charge is -2.24. The molecule has 0 bridgehead atoms. The molecule has 26 heavy (non-hydrogen) atoms. The molecule has 0 aromatic heterocycles. The monoisotopic (exact) mass is 362 g/mol. The fraction of sp³-hybridized carbons (Fsp3) is 0.550. The molecule has 1 aromatic rings. The summed E-state index contributed by atoms with van der Waals surface area (Å²) in [5, 5.41) is 0. The first-order chi connectivity index (χ1) is 12.7. The van der Waals surface area contributed by atoms with Crippen molar-refractivity contribution in [1.82, 2.24) is 0 Å². The number of hydrogen-bond acceptors (Lipinski definition) is 6. The Balaban J connectivity index is 1.58. The van der Waals surface area contributed by atoms with Gasteiger partial charge in [-0.1, -0.05) is 6.07 Å². The minimum atomic E-state index is -0.429. The van der Waals surface area contributed by atoms with Gasteiger partial charge in [0.25, 0.3) is 0 Å². The molecule has 0 aliphatic carbocycles. The first kappa shape index (κ1) is 18.7. The highest BCUT2D eigenvalue weighted by atomic mass is 16.7. The van der Waals surface area contributed by atoms with E-state index in [2.05, 4.69) is 0 Å². The van der Waals surface area contributed by atoms with Crippen LogP contribution in [0.2, 0.25) is 0 Å². The van der Waals surface area contributed by atoms with E-state index < -0.39 is 12.3 Å². The van der Waals surface area contributed by atoms with E-state index in [-0.39, 0.29) is 6.29 Å². The SMILES string of the molecule is COc1cc(/C=C/C(=O)OC2CCCCO2)ccc1OC1CCCCO1. The molecular formula is C20H26O6. The van der Waals surface area contributed by atoms with Crippen LogP contribution in [0.3, 0.4) is 0 Å². The molecular weight excluding hydrogens is 336 g/mol. The molecule has 3 rings (SSSR count). The van der Waals surface area contributed by atoms with E-state index in [4.69, 9.17) is 23.7 Å². The normalized spacial score (nSPS) is 23.6. The van der Waals surface area contributed by atoms with Gasteiger partial charge in [0.05, 0.1) is 20.3 Å². The van der Waals surface area contributed by atoms with E-state index in [1.807, 2.05) is 18.2 Å². The highest BCUT2D eigenvalue weighted by Crippen LogP contribution is 2.31. The van der Waals surface area contributed by atoms with E-state index in [0.717, 1.165) is 50.7 Å². The lowest BCUT2D eigenvalue weighted by Crippen LogP contribution is -2.25. The molecule has 2 aliphatic rings. The Kier molecular flexibility index (Phi) is 6.91. The molecule has 6 nitrogen and oxygen atoms in total. The van der Waals surface area contributed by atoms with Crippen molar-refractivity contribution in [3.8, 4) is 11.5 Å². The van der Waals surface area contributed by atoms with Gasteiger partial charge in [0, 0.05) is 18.9 Å². The van der Waals surface area contributed by atoms with Crippen LogP contribution in [0.1, 0.15) is 44.1 Å². The van der Waals surface area contributed by atoms with Crippen molar-refractivity contribution >= 4 is 12.0 Å². The van der Waals surface area contributed by atoms with E-state index >= 15 is 0 Å². The van der Waals surface area contributed by atoms with Crippen LogP contribution in [0, 0.1) is 0 Å². The Morgan fingerprint density at radius 2 is 1.77 bits per heavy atom. The second kappa shape index (κ2) is 9.59. The number of methoxy groups -OCH3 is 1. The molecule has 142 valence electrons. The molecule has 2 unspecified atom stereocenters. The number of benzene rings is 1. The van der Waals surface area contributed by atoms with Crippen molar-refractivity contribution in [2.45, 2.75) is 51.1 Å². The number of hydrogen-bond donors (Lipinski definition) is 0. The van der Waals surface area contributed by atoms with Gasteiger partial charge in [0.2, 0.25) is 6.29 Å². The van der Waals surface area contributed by atoms with Gasteiger partial charge in [-0.2, -0.15) is 0 Å². The van der Waals surface area contributed by atoms with Crippen molar-refractivity contribution in [3.05, 3.63) is 29.8 Å². The molecule has 0 N–H and O–H groups in total. The molecule has 2 heterocycles. The van der Waals surface area contributed by atoms with E-state index in [1.54, 1.807) is 13.2 Å². The highest BCUT2D eigenvalue weighted by molar-refractivity contribution is 5.87. The molecule has 0 amide bonds. The van der Waals surface area contributed by atoms with Gasteiger partial charge in [-0.3, -0.25) is 0 Å². The zero-order valence-electron chi connectivity index (χ0n) is 15.1. The topological polar surface area (TPSA) is 63.2 Å². The molecule has 2 saturated heterocycles. The van der Waals surface area contributed by atoms with E-state index in [1.165, 1.54) is 6.08 Å². The van der Waals surface area contributed by atoms with Crippen LogP contribution in [0.5, 0.6) is 11.5 Å². The summed E-state index contributed by atoms with van der Waals surface area (Å²) in [5.41, 5.74) is 0.820. The summed E-state index contributed by atoms with van der Waals surface area (Å²) in [7, 11) is 1.59. The number of carbonyl (C=O) groups excluding carboxylic acids is 1. The molecule has 2 atom stereocenters. The second-order valence-corrected chi connectivity index (χ2v) is 6.39. The maximum Gasteiger partial charge on any atom is 0.333 e. The van der Waals surface area contributed by atoms with Crippen LogP contribution >= 0.6 is 0 Å². The maximum atomic E-state index is 11.9. The van der Waals surface area contributed by atoms with Gasteiger partial charge in [-0.05, 0) is 49.5 Å². The number of ether oxygens (including phenoxy) is 5. The summed E-state index contributed by atoms with van der Waals surface area (Å²) in [5.74, 6) is 0.826. The minimum absolute atomic E-state index is 0.232. The third-order valence-electron chi connectivity index (χ3n) is 4.38. The van der Waals surface area contributed by atoms with Crippen LogP contribution in [0.25, 0.3) is 6.08 Å². The van der Waals surface area contributed by atoms with Gasteiger partial charge in [-0.15, -0.1) is 0 Å². The zero-order chi connectivity index (χ0) is 18.2. The van der Waals surface area contributed by atoms with Gasteiger partial charge >= 0.3 is 5.97 Å².